The molecule has 0 aliphatic carbocycles. The molecule has 1 aromatic heterocycles. The van der Waals surface area contributed by atoms with E-state index in [1.54, 1.807) is 6.20 Å². The van der Waals surface area contributed by atoms with Crippen LogP contribution in [0.2, 0.25) is 0 Å². The normalized spacial score (nSPS) is 18.6. The van der Waals surface area contributed by atoms with Gasteiger partial charge in [0.2, 0.25) is 17.7 Å². The van der Waals surface area contributed by atoms with Crippen LogP contribution in [0.3, 0.4) is 0 Å². The number of fused-ring (bicyclic) bond motifs is 1. The van der Waals surface area contributed by atoms with Crippen molar-refractivity contribution >= 4 is 40.6 Å². The van der Waals surface area contributed by atoms with Gasteiger partial charge in [0.05, 0.1) is 18.6 Å². The first-order valence-electron chi connectivity index (χ1n) is 11.8. The molecule has 1 aliphatic rings. The molecule has 0 radical (unpaired) electrons. The number of hydrogen-bond donors (Lipinski definition) is 7. The van der Waals surface area contributed by atoms with Crippen molar-refractivity contribution < 1.29 is 39.3 Å². The van der Waals surface area contributed by atoms with E-state index in [0.29, 0.717) is 12.0 Å². The second-order valence-electron chi connectivity index (χ2n) is 9.08. The smallest absolute Gasteiger partial charge is 0.328 e. The number of aliphatic carboxylic acids is 2. The summed E-state index contributed by atoms with van der Waals surface area (Å²) >= 11 is 0. The summed E-state index contributed by atoms with van der Waals surface area (Å²) < 4.78 is 0. The van der Waals surface area contributed by atoms with Gasteiger partial charge >= 0.3 is 11.9 Å². The maximum absolute atomic E-state index is 13.7. The van der Waals surface area contributed by atoms with Crippen molar-refractivity contribution in [1.82, 2.24) is 20.5 Å². The summed E-state index contributed by atoms with van der Waals surface area (Å²) in [5.74, 6) is -4.86. The molecule has 3 rings (SSSR count). The molecule has 0 saturated carbocycles. The van der Waals surface area contributed by atoms with Gasteiger partial charge in [0, 0.05) is 30.1 Å². The highest BCUT2D eigenvalue weighted by Gasteiger charge is 2.40. The molecule has 0 bridgehead atoms. The Morgan fingerprint density at radius 3 is 2.51 bits per heavy atom. The van der Waals surface area contributed by atoms with E-state index < -0.39 is 66.4 Å². The van der Waals surface area contributed by atoms with Gasteiger partial charge in [-0.25, -0.2) is 4.79 Å². The Kier molecular flexibility index (Phi) is 8.84. The molecule has 1 fully saturated rings. The summed E-state index contributed by atoms with van der Waals surface area (Å²) in [4.78, 5) is 66.0. The minimum atomic E-state index is -1.55. The number of aromatic amines is 1. The van der Waals surface area contributed by atoms with E-state index in [4.69, 9.17) is 10.8 Å². The Bertz CT molecular complexity index is 1180. The Morgan fingerprint density at radius 2 is 1.86 bits per heavy atom. The van der Waals surface area contributed by atoms with E-state index in [-0.39, 0.29) is 19.4 Å². The van der Waals surface area contributed by atoms with Gasteiger partial charge < -0.3 is 41.6 Å². The van der Waals surface area contributed by atoms with Crippen molar-refractivity contribution in [2.75, 3.05) is 6.54 Å². The molecule has 13 heteroatoms. The predicted molar refractivity (Wildman–Crippen MR) is 130 cm³/mol. The lowest BCUT2D eigenvalue weighted by molar-refractivity contribution is -0.147. The molecule has 1 saturated heterocycles. The van der Waals surface area contributed by atoms with E-state index in [0.717, 1.165) is 10.9 Å². The van der Waals surface area contributed by atoms with Crippen LogP contribution < -0.4 is 16.4 Å². The predicted octanol–water partition coefficient (Wildman–Crippen LogP) is -1.06. The summed E-state index contributed by atoms with van der Waals surface area (Å²) in [7, 11) is 0. The molecule has 0 spiro atoms. The quantitative estimate of drug-likeness (QED) is 0.193. The zero-order chi connectivity index (χ0) is 27.3. The van der Waals surface area contributed by atoms with E-state index in [1.807, 2.05) is 24.3 Å². The topological polar surface area (TPSA) is 215 Å². The van der Waals surface area contributed by atoms with Gasteiger partial charge in [-0.3, -0.25) is 19.2 Å². The SMILES string of the molecule is CC(O)C(NC(=O)C1CCCN1C(=O)C(Cc1c[nH]c2ccccc12)NC(=O)C(N)CC(=O)O)C(=O)O. The average Bonchev–Trinajstić information content (AvgIpc) is 3.48. The van der Waals surface area contributed by atoms with Crippen LogP contribution in [0.4, 0.5) is 0 Å². The standard InChI is InChI=1S/C24H31N5O8/c1-12(30)20(24(36)37)28-22(34)18-7-4-8-29(18)23(35)17(27-21(33)15(25)10-19(31)32)9-13-11-26-16-6-3-2-5-14(13)16/h2-3,5-6,11-12,15,17-18,20,26,30H,4,7-10,25H2,1H3,(H,27,33)(H,28,34)(H,31,32)(H,36,37). The number of rotatable bonds is 11. The number of hydrogen-bond acceptors (Lipinski definition) is 7. The van der Waals surface area contributed by atoms with Crippen LogP contribution in [0.5, 0.6) is 0 Å². The molecule has 5 unspecified atom stereocenters. The fraction of sp³-hybridized carbons (Fsp3) is 0.458. The molecule has 13 nitrogen and oxygen atoms in total. The van der Waals surface area contributed by atoms with Crippen LogP contribution in [-0.4, -0.2) is 91.7 Å². The molecule has 200 valence electrons. The maximum Gasteiger partial charge on any atom is 0.328 e. The molecule has 1 aromatic carbocycles. The number of aliphatic hydroxyl groups excluding tert-OH is 1. The van der Waals surface area contributed by atoms with Gasteiger partial charge in [-0.15, -0.1) is 0 Å². The number of carboxylic acids is 2. The molecule has 2 heterocycles. The van der Waals surface area contributed by atoms with Crippen molar-refractivity contribution in [2.45, 2.75) is 62.9 Å². The molecule has 37 heavy (non-hydrogen) atoms. The third-order valence-electron chi connectivity index (χ3n) is 6.33. The molecule has 2 aromatic rings. The Labute approximate surface area is 212 Å². The zero-order valence-electron chi connectivity index (χ0n) is 20.2. The van der Waals surface area contributed by atoms with Crippen molar-refractivity contribution in [3.63, 3.8) is 0 Å². The fourth-order valence-electron chi connectivity index (χ4n) is 4.42. The number of carbonyl (C=O) groups is 5. The number of aromatic nitrogens is 1. The lowest BCUT2D eigenvalue weighted by atomic mass is 10.0. The lowest BCUT2D eigenvalue weighted by Gasteiger charge is -2.30. The van der Waals surface area contributed by atoms with Gasteiger partial charge in [0.25, 0.3) is 0 Å². The first-order chi connectivity index (χ1) is 17.5. The Hall–Kier alpha value is -3.97. The highest BCUT2D eigenvalue weighted by molar-refractivity contribution is 5.96. The third-order valence-corrected chi connectivity index (χ3v) is 6.33. The first-order valence-corrected chi connectivity index (χ1v) is 11.8. The number of H-pyrrole nitrogens is 1. The second kappa shape index (κ2) is 11.8. The largest absolute Gasteiger partial charge is 0.481 e. The van der Waals surface area contributed by atoms with Crippen LogP contribution >= 0.6 is 0 Å². The lowest BCUT2D eigenvalue weighted by Crippen LogP contribution is -2.58. The van der Waals surface area contributed by atoms with E-state index in [9.17, 15) is 34.2 Å². The third kappa shape index (κ3) is 6.62. The van der Waals surface area contributed by atoms with Crippen LogP contribution in [0.15, 0.2) is 30.5 Å². The number of benzene rings is 1. The van der Waals surface area contributed by atoms with Crippen molar-refractivity contribution in [3.8, 4) is 0 Å². The number of nitrogens with one attached hydrogen (secondary N) is 3. The van der Waals surface area contributed by atoms with Gasteiger partial charge in [-0.05, 0) is 31.4 Å². The van der Waals surface area contributed by atoms with Crippen molar-refractivity contribution in [2.24, 2.45) is 5.73 Å². The highest BCUT2D eigenvalue weighted by atomic mass is 16.4. The number of nitrogens with two attached hydrogens (primary N) is 1. The Morgan fingerprint density at radius 1 is 1.16 bits per heavy atom. The number of carboxylic acid groups (broad SMARTS) is 2. The Balaban J connectivity index is 1.85. The molecule has 8 N–H and O–H groups in total. The van der Waals surface area contributed by atoms with E-state index in [2.05, 4.69) is 15.6 Å². The number of nitrogens with zero attached hydrogens (tertiary/aromatic N) is 1. The number of amides is 3. The summed E-state index contributed by atoms with van der Waals surface area (Å²) in [5, 5.41) is 33.6. The number of para-hydroxylation sites is 1. The summed E-state index contributed by atoms with van der Waals surface area (Å²) in [6.45, 7) is 1.41. The molecule has 3 amide bonds. The van der Waals surface area contributed by atoms with Crippen LogP contribution in [0.1, 0.15) is 31.7 Å². The van der Waals surface area contributed by atoms with Gasteiger partial charge in [-0.2, -0.15) is 0 Å². The van der Waals surface area contributed by atoms with Crippen molar-refractivity contribution in [1.29, 1.82) is 0 Å². The number of likely N-dealkylation sites (tertiary alicyclic amines) is 1. The van der Waals surface area contributed by atoms with Crippen LogP contribution in [0, 0.1) is 0 Å². The van der Waals surface area contributed by atoms with Crippen LogP contribution in [0.25, 0.3) is 10.9 Å². The molecule has 1 aliphatic heterocycles. The molecular formula is C24H31N5O8. The van der Waals surface area contributed by atoms with E-state index in [1.165, 1.54) is 11.8 Å². The summed E-state index contributed by atoms with van der Waals surface area (Å²) in [6, 6.07) is 2.21. The summed E-state index contributed by atoms with van der Waals surface area (Å²) in [5.41, 5.74) is 7.23. The van der Waals surface area contributed by atoms with Gasteiger partial charge in [0.15, 0.2) is 6.04 Å². The fourth-order valence-corrected chi connectivity index (χ4v) is 4.42. The highest BCUT2D eigenvalue weighted by Crippen LogP contribution is 2.23. The molecule has 5 atom stereocenters. The van der Waals surface area contributed by atoms with Crippen LogP contribution in [-0.2, 0) is 30.4 Å². The minimum absolute atomic E-state index is 0.0324. The van der Waals surface area contributed by atoms with Gasteiger partial charge in [0.1, 0.15) is 12.1 Å². The molecular weight excluding hydrogens is 486 g/mol. The second-order valence-corrected chi connectivity index (χ2v) is 9.08. The summed E-state index contributed by atoms with van der Waals surface area (Å²) in [6.07, 6.45) is 0.451. The number of aliphatic hydroxyl groups is 1. The van der Waals surface area contributed by atoms with Crippen molar-refractivity contribution in [3.05, 3.63) is 36.0 Å². The van der Waals surface area contributed by atoms with Gasteiger partial charge in [-0.1, -0.05) is 18.2 Å². The maximum atomic E-state index is 13.7. The number of carbonyl (C=O) groups excluding carboxylic acids is 3. The monoisotopic (exact) mass is 517 g/mol. The van der Waals surface area contributed by atoms with E-state index >= 15 is 0 Å². The average molecular weight is 518 g/mol. The zero-order valence-corrected chi connectivity index (χ0v) is 20.2. The first kappa shape index (κ1) is 27.6. The minimum Gasteiger partial charge on any atom is -0.481 e.